The predicted octanol–water partition coefficient (Wildman–Crippen LogP) is 12.5. The normalized spacial score (nSPS) is 14.4. The summed E-state index contributed by atoms with van der Waals surface area (Å²) in [7, 11) is 0. The molecular formula is C48H91NO5. The van der Waals surface area contributed by atoms with Gasteiger partial charge in [-0.1, -0.05) is 198 Å². The highest BCUT2D eigenvalue weighted by molar-refractivity contribution is 5.80. The van der Waals surface area contributed by atoms with Crippen molar-refractivity contribution in [3.8, 4) is 0 Å². The maximum atomic E-state index is 12.5. The van der Waals surface area contributed by atoms with Gasteiger partial charge in [-0.2, -0.15) is 0 Å². The van der Waals surface area contributed by atoms with E-state index in [0.29, 0.717) is 12.8 Å². The van der Waals surface area contributed by atoms with E-state index < -0.39 is 36.9 Å². The Hall–Kier alpha value is -1.47. The van der Waals surface area contributed by atoms with Gasteiger partial charge in [-0.3, -0.25) is 4.79 Å². The first-order chi connectivity index (χ1) is 26.5. The molecule has 0 saturated heterocycles. The van der Waals surface area contributed by atoms with Crippen LogP contribution >= 0.6 is 0 Å². The van der Waals surface area contributed by atoms with E-state index in [-0.39, 0.29) is 0 Å². The van der Waals surface area contributed by atoms with Gasteiger partial charge in [0.1, 0.15) is 12.2 Å². The molecule has 1 amide bonds. The summed E-state index contributed by atoms with van der Waals surface area (Å²) in [5.41, 5.74) is 0. The van der Waals surface area contributed by atoms with Crippen LogP contribution in [-0.2, 0) is 4.79 Å². The lowest BCUT2D eigenvalue weighted by Gasteiger charge is -2.27. The van der Waals surface area contributed by atoms with E-state index in [4.69, 9.17) is 0 Å². The standard InChI is InChI=1S/C48H91NO5/c1-3-5-7-9-11-13-15-17-18-19-20-21-22-23-24-25-26-27-28-29-30-32-34-36-38-40-42-46(52)48(54)49-44(43-50)47(53)45(51)41-39-37-35-33-31-16-14-12-10-8-6-4-2/h20-21,23-24,33,35,44-47,50-53H,3-19,22,25-32,34,36-43H2,1-2H3,(H,49,54)/b21-20-,24-23-,35-33+. The van der Waals surface area contributed by atoms with Crippen LogP contribution in [0.2, 0.25) is 0 Å². The number of aliphatic hydroxyl groups is 4. The number of nitrogens with one attached hydrogen (secondary N) is 1. The summed E-state index contributed by atoms with van der Waals surface area (Å²) in [6.07, 6.45) is 50.5. The maximum Gasteiger partial charge on any atom is 0.249 e. The minimum atomic E-state index is -1.28. The van der Waals surface area contributed by atoms with Crippen LogP contribution in [0.25, 0.3) is 0 Å². The third kappa shape index (κ3) is 36.2. The molecule has 0 saturated carbocycles. The van der Waals surface area contributed by atoms with E-state index in [9.17, 15) is 25.2 Å². The number of unbranched alkanes of at least 4 members (excludes halogenated alkanes) is 27. The zero-order valence-electron chi connectivity index (χ0n) is 35.7. The summed E-state index contributed by atoms with van der Waals surface area (Å²) in [5, 5.41) is 43.6. The van der Waals surface area contributed by atoms with Gasteiger partial charge in [-0.15, -0.1) is 0 Å². The second kappa shape index (κ2) is 42.7. The quantitative estimate of drug-likeness (QED) is 0.0314. The van der Waals surface area contributed by atoms with Crippen molar-refractivity contribution in [1.82, 2.24) is 5.32 Å². The highest BCUT2D eigenvalue weighted by Crippen LogP contribution is 2.15. The average Bonchev–Trinajstić information content (AvgIpc) is 3.18. The second-order valence-electron chi connectivity index (χ2n) is 16.1. The third-order valence-corrected chi connectivity index (χ3v) is 10.8. The van der Waals surface area contributed by atoms with Crippen LogP contribution in [0.15, 0.2) is 36.5 Å². The van der Waals surface area contributed by atoms with Gasteiger partial charge in [0.2, 0.25) is 5.91 Å². The first-order valence-electron chi connectivity index (χ1n) is 23.4. The first-order valence-corrected chi connectivity index (χ1v) is 23.4. The summed E-state index contributed by atoms with van der Waals surface area (Å²) < 4.78 is 0. The lowest BCUT2D eigenvalue weighted by Crippen LogP contribution is -2.53. The predicted molar refractivity (Wildman–Crippen MR) is 233 cm³/mol. The van der Waals surface area contributed by atoms with Gasteiger partial charge in [0.15, 0.2) is 0 Å². The maximum absolute atomic E-state index is 12.5. The van der Waals surface area contributed by atoms with Crippen molar-refractivity contribution in [3.05, 3.63) is 36.5 Å². The van der Waals surface area contributed by atoms with Gasteiger partial charge in [0.25, 0.3) is 0 Å². The molecular weight excluding hydrogens is 671 g/mol. The number of carbonyl (C=O) groups is 1. The Bertz CT molecular complexity index is 858. The summed E-state index contributed by atoms with van der Waals surface area (Å²) in [6.45, 7) is 4.02. The first kappa shape index (κ1) is 52.5. The molecule has 0 aliphatic carbocycles. The van der Waals surface area contributed by atoms with Crippen molar-refractivity contribution >= 4 is 5.91 Å². The molecule has 0 aliphatic rings. The van der Waals surface area contributed by atoms with Crippen LogP contribution < -0.4 is 5.32 Å². The molecule has 0 aliphatic heterocycles. The van der Waals surface area contributed by atoms with Crippen LogP contribution in [0.4, 0.5) is 0 Å². The summed E-state index contributed by atoms with van der Waals surface area (Å²) in [4.78, 5) is 12.5. The fourth-order valence-corrected chi connectivity index (χ4v) is 7.08. The number of hydrogen-bond acceptors (Lipinski definition) is 5. The smallest absolute Gasteiger partial charge is 0.249 e. The Kier molecular flexibility index (Phi) is 41.5. The zero-order valence-corrected chi connectivity index (χ0v) is 35.7. The second-order valence-corrected chi connectivity index (χ2v) is 16.1. The lowest BCUT2D eigenvalue weighted by molar-refractivity contribution is -0.132. The molecule has 6 heteroatoms. The highest BCUT2D eigenvalue weighted by atomic mass is 16.3. The molecule has 54 heavy (non-hydrogen) atoms. The molecule has 0 radical (unpaired) electrons. The summed E-state index contributed by atoms with van der Waals surface area (Å²) >= 11 is 0. The molecule has 318 valence electrons. The molecule has 0 aromatic heterocycles. The van der Waals surface area contributed by atoms with Gasteiger partial charge in [-0.05, 0) is 70.6 Å². The lowest BCUT2D eigenvalue weighted by atomic mass is 10.00. The van der Waals surface area contributed by atoms with Crippen molar-refractivity contribution < 1.29 is 25.2 Å². The van der Waals surface area contributed by atoms with Gasteiger partial charge >= 0.3 is 0 Å². The number of rotatable bonds is 42. The zero-order chi connectivity index (χ0) is 39.6. The fourth-order valence-electron chi connectivity index (χ4n) is 7.08. The number of hydrogen-bond donors (Lipinski definition) is 5. The fraction of sp³-hybridized carbons (Fsp3) is 0.854. The van der Waals surface area contributed by atoms with E-state index in [1.165, 1.54) is 161 Å². The molecule has 0 spiro atoms. The van der Waals surface area contributed by atoms with Crippen LogP contribution in [-0.4, -0.2) is 57.3 Å². The van der Waals surface area contributed by atoms with Gasteiger partial charge in [0, 0.05) is 0 Å². The van der Waals surface area contributed by atoms with Crippen molar-refractivity contribution in [2.45, 2.75) is 257 Å². The van der Waals surface area contributed by atoms with Crippen molar-refractivity contribution in [3.63, 3.8) is 0 Å². The van der Waals surface area contributed by atoms with E-state index in [1.54, 1.807) is 0 Å². The summed E-state index contributed by atoms with van der Waals surface area (Å²) in [5.74, 6) is -0.597. The van der Waals surface area contributed by atoms with Gasteiger partial charge in [-0.25, -0.2) is 0 Å². The van der Waals surface area contributed by atoms with E-state index in [0.717, 1.165) is 44.9 Å². The van der Waals surface area contributed by atoms with Crippen LogP contribution in [0.1, 0.15) is 232 Å². The van der Waals surface area contributed by atoms with Gasteiger partial charge < -0.3 is 25.7 Å². The Morgan fingerprint density at radius 3 is 1.22 bits per heavy atom. The molecule has 0 rings (SSSR count). The summed E-state index contributed by atoms with van der Waals surface area (Å²) in [6, 6.07) is -1.00. The van der Waals surface area contributed by atoms with Crippen molar-refractivity contribution in [2.24, 2.45) is 0 Å². The van der Waals surface area contributed by atoms with Crippen molar-refractivity contribution in [2.75, 3.05) is 6.61 Å². The Balaban J connectivity index is 3.70. The number of carbonyl (C=O) groups excluding carboxylic acids is 1. The van der Waals surface area contributed by atoms with Gasteiger partial charge in [0.05, 0.1) is 18.8 Å². The molecule has 0 heterocycles. The SMILES string of the molecule is CCCCCCCCC/C=C/CCCC(O)C(O)C(CO)NC(=O)C(O)CCCCCCCCCCCC/C=C\C/C=C\CCCCCCCCCCC. The molecule has 0 aromatic rings. The molecule has 4 unspecified atom stereocenters. The van der Waals surface area contributed by atoms with Crippen molar-refractivity contribution in [1.29, 1.82) is 0 Å². The Labute approximate surface area is 335 Å². The number of aliphatic hydroxyl groups excluding tert-OH is 4. The van der Waals surface area contributed by atoms with Crippen LogP contribution in [0, 0.1) is 0 Å². The molecule has 0 bridgehead atoms. The highest BCUT2D eigenvalue weighted by Gasteiger charge is 2.28. The van der Waals surface area contributed by atoms with E-state index in [1.807, 2.05) is 0 Å². The Morgan fingerprint density at radius 1 is 0.463 bits per heavy atom. The monoisotopic (exact) mass is 762 g/mol. The molecule has 6 nitrogen and oxygen atoms in total. The molecule has 0 fully saturated rings. The largest absolute Gasteiger partial charge is 0.394 e. The van der Waals surface area contributed by atoms with E-state index >= 15 is 0 Å². The topological polar surface area (TPSA) is 110 Å². The average molecular weight is 762 g/mol. The Morgan fingerprint density at radius 2 is 0.815 bits per heavy atom. The minimum Gasteiger partial charge on any atom is -0.394 e. The molecule has 5 N–H and O–H groups in total. The van der Waals surface area contributed by atoms with Crippen LogP contribution in [0.3, 0.4) is 0 Å². The molecule has 4 atom stereocenters. The van der Waals surface area contributed by atoms with Crippen LogP contribution in [0.5, 0.6) is 0 Å². The minimum absolute atomic E-state index is 0.359. The third-order valence-electron chi connectivity index (χ3n) is 10.8. The number of amides is 1. The molecule has 0 aromatic carbocycles. The number of allylic oxidation sites excluding steroid dienone is 6. The van der Waals surface area contributed by atoms with E-state index in [2.05, 4.69) is 55.6 Å².